The number of hydrogen-bond acceptors (Lipinski definition) is 11. The number of halogens is 3. The Morgan fingerprint density at radius 2 is 1.12 bits per heavy atom. The zero-order valence-electron chi connectivity index (χ0n) is 33.3. The largest absolute Gasteiger partial charge is 0.510 e. The Balaban J connectivity index is -0.000000699. The third-order valence-electron chi connectivity index (χ3n) is 5.87. The van der Waals surface area contributed by atoms with Crippen molar-refractivity contribution in [1.82, 2.24) is 44.5 Å². The molecule has 56 heavy (non-hydrogen) atoms. The van der Waals surface area contributed by atoms with Gasteiger partial charge in [-0.05, 0) is 126 Å². The fourth-order valence-electron chi connectivity index (χ4n) is 3.27. The van der Waals surface area contributed by atoms with E-state index in [9.17, 15) is 14.4 Å². The molecule has 21 heteroatoms. The molecule has 0 fully saturated rings. The molecule has 3 aromatic heterocycles. The number of ether oxygens (including phenoxy) is 3. The maximum absolute atomic E-state index is 11.7. The van der Waals surface area contributed by atoms with E-state index in [1.165, 1.54) is 20.5 Å². The van der Waals surface area contributed by atoms with Gasteiger partial charge in [0.2, 0.25) is 0 Å². The van der Waals surface area contributed by atoms with Crippen LogP contribution in [0.1, 0.15) is 77.2 Å². The zero-order valence-corrected chi connectivity index (χ0v) is 38.4. The molecule has 0 radical (unpaired) electrons. The van der Waals surface area contributed by atoms with E-state index >= 15 is 0 Å². The number of likely N-dealkylation sites (N-methyl/N-ethyl adjacent to an activating group) is 2. The smallest absolute Gasteiger partial charge is 0.444 e. The lowest BCUT2D eigenvalue weighted by molar-refractivity contribution is 0.0282. The van der Waals surface area contributed by atoms with Gasteiger partial charge in [-0.3, -0.25) is 14.5 Å². The Hall–Kier alpha value is -2.83. The number of aromatic amines is 1. The van der Waals surface area contributed by atoms with Crippen LogP contribution < -0.4 is 5.59 Å². The number of rotatable bonds is 9. The Labute approximate surface area is 366 Å². The molecule has 3 rings (SSSR count). The molecule has 3 amide bonds. The van der Waals surface area contributed by atoms with Crippen LogP contribution in [0.15, 0.2) is 36.8 Å². The fraction of sp³-hybridized carbons (Fsp3) is 0.657. The van der Waals surface area contributed by atoms with Crippen molar-refractivity contribution in [3.05, 3.63) is 44.2 Å². The van der Waals surface area contributed by atoms with Crippen LogP contribution in [0.5, 0.6) is 0 Å². The summed E-state index contributed by atoms with van der Waals surface area (Å²) in [5, 5.41) is 32.5. The average molecular weight is 1040 g/mol. The number of hydrogen-bond donors (Lipinski definition) is 3. The van der Waals surface area contributed by atoms with Crippen LogP contribution in [0, 0.1) is 7.40 Å². The van der Waals surface area contributed by atoms with Gasteiger partial charge in [0.1, 0.15) is 20.5 Å². The first-order chi connectivity index (χ1) is 24.7. The minimum Gasteiger partial charge on any atom is -0.444 e. The molecule has 3 heterocycles. The highest BCUT2D eigenvalue weighted by Gasteiger charge is 2.21. The van der Waals surface area contributed by atoms with Gasteiger partial charge < -0.3 is 39.0 Å². The molecule has 0 aromatic carbocycles. The Morgan fingerprint density at radius 3 is 1.39 bits per heavy atom. The second-order valence-electron chi connectivity index (χ2n) is 14.6. The molecular weight excluding hydrogens is 975 g/mol. The third-order valence-corrected chi connectivity index (χ3v) is 7.21. The summed E-state index contributed by atoms with van der Waals surface area (Å²) < 4.78 is 20.9. The zero-order chi connectivity index (χ0) is 41.9. The fourth-order valence-corrected chi connectivity index (χ4v) is 4.26. The van der Waals surface area contributed by atoms with Gasteiger partial charge in [0, 0.05) is 65.2 Å². The average Bonchev–Trinajstić information content (AvgIpc) is 3.80. The lowest BCUT2D eigenvalue weighted by Gasteiger charge is -2.24. The molecule has 0 bridgehead atoms. The van der Waals surface area contributed by atoms with Crippen molar-refractivity contribution in [2.24, 2.45) is 0 Å². The van der Waals surface area contributed by atoms with E-state index in [0.29, 0.717) is 38.6 Å². The number of amides is 3. The van der Waals surface area contributed by atoms with Crippen LogP contribution in [0.25, 0.3) is 0 Å². The maximum atomic E-state index is 11.7. The van der Waals surface area contributed by atoms with E-state index in [0.717, 1.165) is 7.40 Å². The first-order valence-corrected chi connectivity index (χ1v) is 19.5. The van der Waals surface area contributed by atoms with Crippen molar-refractivity contribution in [1.29, 1.82) is 0 Å². The molecule has 0 saturated carbocycles. The van der Waals surface area contributed by atoms with Gasteiger partial charge in [0.25, 0.3) is 0 Å². The van der Waals surface area contributed by atoms with Crippen molar-refractivity contribution in [2.75, 3.05) is 46.7 Å². The summed E-state index contributed by atoms with van der Waals surface area (Å²) in [5.74, 6) is 0.426. The van der Waals surface area contributed by atoms with E-state index < -0.39 is 30.0 Å². The second kappa shape index (κ2) is 27.7. The highest BCUT2D eigenvalue weighted by Crippen LogP contribution is 2.11. The highest BCUT2D eigenvalue weighted by atomic mass is 127. The first kappa shape index (κ1) is 57.5. The van der Waals surface area contributed by atoms with Gasteiger partial charge in [0.15, 0.2) is 0 Å². The summed E-state index contributed by atoms with van der Waals surface area (Å²) in [6, 6.07) is 5.34. The minimum absolute atomic E-state index is 0. The number of carbonyl (C=O) groups is 3. The second-order valence-corrected chi connectivity index (χ2v) is 17.2. The van der Waals surface area contributed by atoms with Gasteiger partial charge in [-0.15, -0.1) is 11.6 Å². The summed E-state index contributed by atoms with van der Waals surface area (Å²) in [6.07, 6.45) is 4.20. The molecule has 0 aliphatic heterocycles. The van der Waals surface area contributed by atoms with Crippen molar-refractivity contribution in [2.45, 2.75) is 107 Å². The molecule has 322 valence electrons. The number of nitrogens with one attached hydrogen (secondary N) is 1. The lowest BCUT2D eigenvalue weighted by Crippen LogP contribution is -2.36. The van der Waals surface area contributed by atoms with Gasteiger partial charge in [-0.1, -0.05) is 14.9 Å². The van der Waals surface area contributed by atoms with Crippen molar-refractivity contribution in [3.63, 3.8) is 0 Å². The summed E-state index contributed by atoms with van der Waals surface area (Å²) >= 11 is 9.77. The minimum atomic E-state index is -1.58. The lowest BCUT2D eigenvalue weighted by atomic mass is 9.87. The molecular formula is C35H65BClI2N9O8. The predicted molar refractivity (Wildman–Crippen MR) is 239 cm³/mol. The van der Waals surface area contributed by atoms with Crippen LogP contribution in [-0.4, -0.2) is 143 Å². The quantitative estimate of drug-likeness (QED) is 0.0962. The number of alkyl halides is 1. The van der Waals surface area contributed by atoms with Gasteiger partial charge in [0.05, 0.1) is 22.4 Å². The number of aromatic nitrogens is 6. The van der Waals surface area contributed by atoms with E-state index in [2.05, 4.69) is 65.6 Å². The standard InChI is InChI=1S/C11H20BN3O4.C11H18IN3O2.C8H16ClNO2.C3H3IN2.2CH4/c1-11(2,3)19-10(16)14(4)7-8-15-6-5-9(13-15)12(17)18;1-11(2,3)17-10(16)14(4)7-8-15-6-5-9(12)13-15;1-8(2,3)12-7(11)10(4)6-5-9;4-3-1-2-5-6-3;;/h5-6,17-18H,7-8H2,1-4H3;5-6H,7-8H2,1-4H3;5-6H2,1-4H3;1-2H,(H,5,6);2*1H4. The van der Waals surface area contributed by atoms with E-state index in [1.807, 2.05) is 64.6 Å². The van der Waals surface area contributed by atoms with Gasteiger partial charge >= 0.3 is 25.4 Å². The maximum Gasteiger partial charge on any atom is 0.510 e. The number of nitrogens with zero attached hydrogens (tertiary/aromatic N) is 8. The third kappa shape index (κ3) is 29.4. The van der Waals surface area contributed by atoms with Crippen LogP contribution in [-0.2, 0) is 27.3 Å². The van der Waals surface area contributed by atoms with Crippen molar-refractivity contribution < 1.29 is 38.6 Å². The summed E-state index contributed by atoms with van der Waals surface area (Å²) in [7, 11) is 3.45. The number of H-pyrrole nitrogens is 1. The first-order valence-electron chi connectivity index (χ1n) is 16.8. The van der Waals surface area contributed by atoms with Crippen molar-refractivity contribution in [3.8, 4) is 0 Å². The Kier molecular flexibility index (Phi) is 28.5. The molecule has 0 saturated heterocycles. The number of carbonyl (C=O) groups excluding carboxylic acids is 3. The topological polar surface area (TPSA) is 193 Å². The summed E-state index contributed by atoms with van der Waals surface area (Å²) in [4.78, 5) is 39.0. The molecule has 3 aromatic rings. The predicted octanol–water partition coefficient (Wildman–Crippen LogP) is 6.16. The van der Waals surface area contributed by atoms with Crippen LogP contribution in [0.2, 0.25) is 0 Å². The summed E-state index contributed by atoms with van der Waals surface area (Å²) in [6.45, 7) is 19.1. The van der Waals surface area contributed by atoms with Gasteiger partial charge in [-0.2, -0.15) is 15.3 Å². The molecule has 0 spiro atoms. The van der Waals surface area contributed by atoms with Gasteiger partial charge in [-0.25, -0.2) is 14.4 Å². The van der Waals surface area contributed by atoms with E-state index in [-0.39, 0.29) is 32.6 Å². The van der Waals surface area contributed by atoms with Crippen LogP contribution >= 0.6 is 56.8 Å². The monoisotopic (exact) mass is 1040 g/mol. The molecule has 0 aliphatic rings. The van der Waals surface area contributed by atoms with E-state index in [4.69, 9.17) is 35.9 Å². The molecule has 17 nitrogen and oxygen atoms in total. The SMILES string of the molecule is C.C.CN(CCCl)C(=O)OC(C)(C)C.CN(CCn1ccc(B(O)O)n1)C(=O)OC(C)(C)C.CN(CCn1ccc(I)n1)C(=O)OC(C)(C)C.Ic1ccn[nH]1. The molecule has 0 unspecified atom stereocenters. The molecule has 3 N–H and O–H groups in total. The van der Waals surface area contributed by atoms with Crippen LogP contribution in [0.4, 0.5) is 14.4 Å². The Morgan fingerprint density at radius 1 is 0.732 bits per heavy atom. The molecule has 0 aliphatic carbocycles. The Bertz CT molecular complexity index is 1510. The van der Waals surface area contributed by atoms with E-state index in [1.54, 1.807) is 59.2 Å². The highest BCUT2D eigenvalue weighted by molar-refractivity contribution is 14.1. The summed E-state index contributed by atoms with van der Waals surface area (Å²) in [5.41, 5.74) is -1.23. The normalized spacial score (nSPS) is 10.6. The van der Waals surface area contributed by atoms with Crippen LogP contribution in [0.3, 0.4) is 0 Å². The molecule has 0 atom stereocenters. The van der Waals surface area contributed by atoms with Crippen molar-refractivity contribution >= 4 is 87.8 Å².